The zero-order valence-corrected chi connectivity index (χ0v) is 13.4. The molecule has 23 heavy (non-hydrogen) atoms. The maximum absolute atomic E-state index is 13.2. The molecule has 2 aromatic rings. The number of allylic oxidation sites excluding steroid dienone is 3. The molecule has 0 saturated carbocycles. The van der Waals surface area contributed by atoms with E-state index in [0.29, 0.717) is 5.25 Å². The third-order valence-corrected chi connectivity index (χ3v) is 5.44. The topological polar surface area (TPSA) is 12.4 Å². The van der Waals surface area contributed by atoms with Crippen LogP contribution in [0.5, 0.6) is 0 Å². The van der Waals surface area contributed by atoms with Crippen molar-refractivity contribution in [2.75, 3.05) is 0 Å². The maximum Gasteiger partial charge on any atom is 0.123 e. The van der Waals surface area contributed by atoms with Crippen LogP contribution in [0.4, 0.5) is 10.1 Å². The summed E-state index contributed by atoms with van der Waals surface area (Å²) in [6.07, 6.45) is 8.56. The molecule has 1 nitrogen and oxygen atoms in total. The van der Waals surface area contributed by atoms with Crippen LogP contribution in [0.2, 0.25) is 0 Å². The van der Waals surface area contributed by atoms with Crippen LogP contribution in [-0.4, -0.2) is 11.0 Å². The molecule has 1 atom stereocenters. The third-order valence-electron chi connectivity index (χ3n) is 4.12. The summed E-state index contributed by atoms with van der Waals surface area (Å²) in [5.74, 6) is -0.212. The Kier molecular flexibility index (Phi) is 3.88. The standard InChI is InChI=1S/C20H16FNS/c21-16-11-9-14(10-12-16)18-13-20(15-5-1-2-6-15)23-19-8-4-3-7-17(19)22-18/h1,3-12,20H,2,13H2. The first-order valence-electron chi connectivity index (χ1n) is 7.75. The van der Waals surface area contributed by atoms with Gasteiger partial charge in [0, 0.05) is 22.3 Å². The number of benzene rings is 2. The number of thioether (sulfide) groups is 1. The van der Waals surface area contributed by atoms with Crippen molar-refractivity contribution < 1.29 is 4.39 Å². The van der Waals surface area contributed by atoms with Gasteiger partial charge >= 0.3 is 0 Å². The van der Waals surface area contributed by atoms with E-state index < -0.39 is 0 Å². The Bertz CT molecular complexity index is 818. The fourth-order valence-electron chi connectivity index (χ4n) is 2.94. The van der Waals surface area contributed by atoms with E-state index in [-0.39, 0.29) is 5.82 Å². The molecule has 0 spiro atoms. The molecule has 0 radical (unpaired) electrons. The molecule has 4 rings (SSSR count). The second kappa shape index (κ2) is 6.17. The maximum atomic E-state index is 13.2. The summed E-state index contributed by atoms with van der Waals surface area (Å²) in [7, 11) is 0. The van der Waals surface area contributed by atoms with Gasteiger partial charge in [-0.1, -0.05) is 42.5 Å². The van der Waals surface area contributed by atoms with Crippen LogP contribution in [-0.2, 0) is 0 Å². The zero-order valence-electron chi connectivity index (χ0n) is 12.6. The van der Waals surface area contributed by atoms with Crippen LogP contribution in [0, 0.1) is 5.82 Å². The largest absolute Gasteiger partial charge is 0.252 e. The molecule has 1 aliphatic carbocycles. The molecule has 1 heterocycles. The number of nitrogens with zero attached hydrogens (tertiary/aromatic N) is 1. The van der Waals surface area contributed by atoms with Crippen LogP contribution in [0.3, 0.4) is 0 Å². The fraction of sp³-hybridized carbons (Fsp3) is 0.150. The molecule has 2 aliphatic rings. The lowest BCUT2D eigenvalue weighted by molar-refractivity contribution is 0.627. The van der Waals surface area contributed by atoms with E-state index in [4.69, 9.17) is 4.99 Å². The first-order valence-corrected chi connectivity index (χ1v) is 8.63. The first kappa shape index (κ1) is 14.5. The molecule has 1 aliphatic heterocycles. The molecule has 3 heteroatoms. The van der Waals surface area contributed by atoms with Gasteiger partial charge in [-0.15, -0.1) is 11.8 Å². The van der Waals surface area contributed by atoms with Crippen molar-refractivity contribution >= 4 is 23.2 Å². The molecule has 2 aromatic carbocycles. The van der Waals surface area contributed by atoms with Gasteiger partial charge in [0.2, 0.25) is 0 Å². The monoisotopic (exact) mass is 321 g/mol. The number of fused-ring (bicyclic) bond motifs is 1. The number of aliphatic imine (C=N–C) groups is 1. The van der Waals surface area contributed by atoms with Crippen molar-refractivity contribution in [3.63, 3.8) is 0 Å². The van der Waals surface area contributed by atoms with Gasteiger partial charge in [-0.05, 0) is 41.8 Å². The van der Waals surface area contributed by atoms with Crippen molar-refractivity contribution in [3.05, 3.63) is 83.7 Å². The Morgan fingerprint density at radius 2 is 1.87 bits per heavy atom. The Balaban J connectivity index is 1.78. The highest BCUT2D eigenvalue weighted by atomic mass is 32.2. The van der Waals surface area contributed by atoms with Crippen LogP contribution < -0.4 is 0 Å². The molecule has 0 saturated heterocycles. The van der Waals surface area contributed by atoms with Crippen LogP contribution in [0.1, 0.15) is 18.4 Å². The number of para-hydroxylation sites is 1. The summed E-state index contributed by atoms with van der Waals surface area (Å²) in [5, 5.41) is 0.348. The van der Waals surface area contributed by atoms with Gasteiger partial charge in [0.15, 0.2) is 0 Å². The minimum Gasteiger partial charge on any atom is -0.252 e. The minimum absolute atomic E-state index is 0.212. The number of hydrogen-bond acceptors (Lipinski definition) is 2. The first-order chi connectivity index (χ1) is 11.3. The lowest BCUT2D eigenvalue weighted by Crippen LogP contribution is -2.12. The minimum atomic E-state index is -0.212. The van der Waals surface area contributed by atoms with Gasteiger partial charge in [0.1, 0.15) is 5.82 Å². The average molecular weight is 321 g/mol. The molecule has 114 valence electrons. The van der Waals surface area contributed by atoms with Crippen molar-refractivity contribution in [2.24, 2.45) is 4.99 Å². The molecule has 0 bridgehead atoms. The highest BCUT2D eigenvalue weighted by Gasteiger charge is 2.23. The van der Waals surface area contributed by atoms with Gasteiger partial charge in [-0.2, -0.15) is 0 Å². The van der Waals surface area contributed by atoms with E-state index >= 15 is 0 Å². The van der Waals surface area contributed by atoms with Gasteiger partial charge in [0.05, 0.1) is 5.69 Å². The van der Waals surface area contributed by atoms with Crippen molar-refractivity contribution in [3.8, 4) is 0 Å². The second-order valence-corrected chi connectivity index (χ2v) is 6.93. The second-order valence-electron chi connectivity index (χ2n) is 5.69. The summed E-state index contributed by atoms with van der Waals surface area (Å²) < 4.78 is 13.2. The summed E-state index contributed by atoms with van der Waals surface area (Å²) in [4.78, 5) is 6.09. The van der Waals surface area contributed by atoms with E-state index in [1.807, 2.05) is 36.0 Å². The fourth-order valence-corrected chi connectivity index (χ4v) is 4.19. The lowest BCUT2D eigenvalue weighted by Gasteiger charge is -2.16. The average Bonchev–Trinajstić information content (AvgIpc) is 3.03. The van der Waals surface area contributed by atoms with Gasteiger partial charge < -0.3 is 0 Å². The number of hydrogen-bond donors (Lipinski definition) is 0. The molecule has 0 aromatic heterocycles. The van der Waals surface area contributed by atoms with Crippen molar-refractivity contribution in [1.82, 2.24) is 0 Å². The van der Waals surface area contributed by atoms with Crippen molar-refractivity contribution in [1.29, 1.82) is 0 Å². The Morgan fingerprint density at radius 3 is 2.65 bits per heavy atom. The Labute approximate surface area is 139 Å². The third kappa shape index (κ3) is 3.02. The molecular weight excluding hydrogens is 305 g/mol. The summed E-state index contributed by atoms with van der Waals surface area (Å²) in [6.45, 7) is 0. The van der Waals surface area contributed by atoms with E-state index in [2.05, 4.69) is 30.4 Å². The zero-order chi connectivity index (χ0) is 15.6. The highest BCUT2D eigenvalue weighted by Crippen LogP contribution is 2.41. The smallest absolute Gasteiger partial charge is 0.123 e. The Morgan fingerprint density at radius 1 is 1.04 bits per heavy atom. The summed E-state index contributed by atoms with van der Waals surface area (Å²) >= 11 is 1.87. The van der Waals surface area contributed by atoms with E-state index in [1.54, 1.807) is 0 Å². The van der Waals surface area contributed by atoms with Crippen LogP contribution >= 0.6 is 11.8 Å². The van der Waals surface area contributed by atoms with Crippen molar-refractivity contribution in [2.45, 2.75) is 23.0 Å². The lowest BCUT2D eigenvalue weighted by atomic mass is 10.0. The quantitative estimate of drug-likeness (QED) is 0.691. The van der Waals surface area contributed by atoms with Gasteiger partial charge in [-0.3, -0.25) is 4.99 Å². The van der Waals surface area contributed by atoms with E-state index in [0.717, 1.165) is 29.8 Å². The number of rotatable bonds is 2. The Hall–Kier alpha value is -2.13. The summed E-state index contributed by atoms with van der Waals surface area (Å²) in [5.41, 5.74) is 4.38. The van der Waals surface area contributed by atoms with E-state index in [9.17, 15) is 4.39 Å². The predicted molar refractivity (Wildman–Crippen MR) is 95.1 cm³/mol. The molecule has 0 fully saturated rings. The van der Waals surface area contributed by atoms with E-state index in [1.165, 1.54) is 22.6 Å². The van der Waals surface area contributed by atoms with Gasteiger partial charge in [-0.25, -0.2) is 4.39 Å². The normalized spacial score (nSPS) is 19.8. The predicted octanol–water partition coefficient (Wildman–Crippen LogP) is 5.70. The summed E-state index contributed by atoms with van der Waals surface area (Å²) in [6, 6.07) is 14.9. The van der Waals surface area contributed by atoms with Crippen LogP contribution in [0.25, 0.3) is 0 Å². The number of halogens is 1. The molecule has 0 N–H and O–H groups in total. The SMILES string of the molecule is Fc1ccc(C2=Nc3ccccc3SC(C3=CCC=C3)C2)cc1. The highest BCUT2D eigenvalue weighted by molar-refractivity contribution is 8.00. The molecule has 1 unspecified atom stereocenters. The van der Waals surface area contributed by atoms with Gasteiger partial charge in [0.25, 0.3) is 0 Å². The molecular formula is C20H16FNS. The van der Waals surface area contributed by atoms with Crippen LogP contribution in [0.15, 0.2) is 82.2 Å². The molecule has 0 amide bonds.